The third kappa shape index (κ3) is 6.37. The smallest absolute Gasteiger partial charge is 0.326 e. The topological polar surface area (TPSA) is 170 Å². The van der Waals surface area contributed by atoms with E-state index in [0.29, 0.717) is 22.9 Å². The highest BCUT2D eigenvalue weighted by Crippen LogP contribution is 2.22. The Kier molecular flexibility index (Phi) is 7.90. The zero-order valence-corrected chi connectivity index (χ0v) is 17.4. The molecule has 0 fully saturated rings. The van der Waals surface area contributed by atoms with E-state index >= 15 is 0 Å². The van der Waals surface area contributed by atoms with E-state index < -0.39 is 54.1 Å². The molecule has 172 valence electrons. The number of hydrogen-bond acceptors (Lipinski definition) is 6. The number of imide groups is 1. The lowest BCUT2D eigenvalue weighted by atomic mass is 10.1. The van der Waals surface area contributed by atoms with Crippen molar-refractivity contribution in [2.24, 2.45) is 0 Å². The lowest BCUT2D eigenvalue weighted by molar-refractivity contribution is -0.143. The monoisotopic (exact) mass is 448 g/mol. The summed E-state index contributed by atoms with van der Waals surface area (Å²) in [5, 5.41) is 20.3. The van der Waals surface area contributed by atoms with Crippen LogP contribution in [0.15, 0.2) is 24.3 Å². The molecule has 1 aromatic rings. The number of carboxylic acid groups (broad SMARTS) is 2. The number of carbonyl (C=O) groups excluding carboxylic acids is 4. The molecule has 0 saturated carbocycles. The van der Waals surface area contributed by atoms with E-state index in [1.165, 1.54) is 6.92 Å². The highest BCUT2D eigenvalue weighted by molar-refractivity contribution is 6.21. The Balaban J connectivity index is 1.80. The van der Waals surface area contributed by atoms with E-state index in [-0.39, 0.29) is 25.8 Å². The standard InChI is InChI=1S/C21H25N3O8/c1-12(18(28)23-15(21(31)32)9-10-17(26)27)22-16(25)8-4-5-11-24-19(29)13-6-2-3-7-14(13)20(24)30/h2-3,6-7,12,15H,4-5,8-11H2,1H3,(H,22,25)(H,23,28)(H,26,27)(H,31,32)/t12-,15-/m0/s1/i/hD. The average Bonchev–Trinajstić information content (AvgIpc) is 3.02. The van der Waals surface area contributed by atoms with Crippen LogP contribution in [-0.4, -0.2) is 69.3 Å². The lowest BCUT2D eigenvalue weighted by Gasteiger charge is -2.18. The summed E-state index contributed by atoms with van der Waals surface area (Å²) in [5.74, 6) is -5.04. The SMILES string of the molecule is [2H]N(C(=O)CCCCN1C(=O)c2ccccc2C1=O)[C@@H](C)C(=O)N[C@@H](CCC(=O)O)C(=O)O. The van der Waals surface area contributed by atoms with Crippen molar-refractivity contribution in [1.29, 1.82) is 0 Å². The Morgan fingerprint density at radius 2 is 1.62 bits per heavy atom. The Morgan fingerprint density at radius 3 is 2.16 bits per heavy atom. The van der Waals surface area contributed by atoms with Crippen molar-refractivity contribution in [1.82, 2.24) is 15.5 Å². The van der Waals surface area contributed by atoms with Gasteiger partial charge in [-0.1, -0.05) is 12.1 Å². The molecule has 4 amide bonds. The van der Waals surface area contributed by atoms with Gasteiger partial charge in [0.15, 0.2) is 1.41 Å². The first-order valence-corrected chi connectivity index (χ1v) is 10.1. The highest BCUT2D eigenvalue weighted by atomic mass is 16.4. The first kappa shape index (κ1) is 22.9. The summed E-state index contributed by atoms with van der Waals surface area (Å²) < 4.78 is 7.85. The highest BCUT2D eigenvalue weighted by Gasteiger charge is 2.34. The van der Waals surface area contributed by atoms with Gasteiger partial charge in [-0.05, 0) is 38.3 Å². The molecule has 1 aliphatic rings. The molecule has 32 heavy (non-hydrogen) atoms. The molecule has 0 unspecified atom stereocenters. The fourth-order valence-electron chi connectivity index (χ4n) is 3.15. The Hall–Kier alpha value is -3.76. The summed E-state index contributed by atoms with van der Waals surface area (Å²) >= 11 is 0. The van der Waals surface area contributed by atoms with Crippen molar-refractivity contribution in [2.75, 3.05) is 6.54 Å². The van der Waals surface area contributed by atoms with Gasteiger partial charge >= 0.3 is 11.9 Å². The van der Waals surface area contributed by atoms with Gasteiger partial charge in [0.1, 0.15) is 12.1 Å². The molecule has 4 N–H and O–H groups in total. The van der Waals surface area contributed by atoms with E-state index in [9.17, 15) is 28.8 Å². The molecule has 2 atom stereocenters. The van der Waals surface area contributed by atoms with Crippen LogP contribution < -0.4 is 10.6 Å². The lowest BCUT2D eigenvalue weighted by Crippen LogP contribution is -2.50. The van der Waals surface area contributed by atoms with Crippen molar-refractivity contribution >= 4 is 35.6 Å². The number of carboxylic acids is 2. The summed E-state index contributed by atoms with van der Waals surface area (Å²) in [7, 11) is 0. The van der Waals surface area contributed by atoms with Crippen LogP contribution in [0.4, 0.5) is 0 Å². The summed E-state index contributed by atoms with van der Waals surface area (Å²) in [5.41, 5.74) is 0.664. The maximum Gasteiger partial charge on any atom is 0.326 e. The molecule has 0 aromatic heterocycles. The van der Waals surface area contributed by atoms with Crippen molar-refractivity contribution in [2.45, 2.75) is 51.1 Å². The first-order chi connectivity index (χ1) is 15.5. The van der Waals surface area contributed by atoms with Gasteiger partial charge in [0, 0.05) is 19.4 Å². The quantitative estimate of drug-likeness (QED) is 0.263. The van der Waals surface area contributed by atoms with Crippen LogP contribution in [0.1, 0.15) is 59.7 Å². The minimum atomic E-state index is -1.46. The van der Waals surface area contributed by atoms with Gasteiger partial charge in [-0.25, -0.2) is 4.79 Å². The summed E-state index contributed by atoms with van der Waals surface area (Å²) in [4.78, 5) is 72.0. The Labute approximate surface area is 185 Å². The predicted molar refractivity (Wildman–Crippen MR) is 110 cm³/mol. The number of nitrogens with zero attached hydrogens (tertiary/aromatic N) is 1. The minimum Gasteiger partial charge on any atom is -0.481 e. The van der Waals surface area contributed by atoms with Crippen molar-refractivity contribution in [3.8, 4) is 0 Å². The van der Waals surface area contributed by atoms with Crippen LogP contribution in [0.3, 0.4) is 0 Å². The number of hydrogen-bond donors (Lipinski definition) is 4. The largest absolute Gasteiger partial charge is 0.481 e. The number of benzene rings is 1. The van der Waals surface area contributed by atoms with Gasteiger partial charge in [-0.15, -0.1) is 0 Å². The second kappa shape index (κ2) is 11.0. The van der Waals surface area contributed by atoms with Crippen LogP contribution in [-0.2, 0) is 19.2 Å². The molecule has 0 aliphatic carbocycles. The van der Waals surface area contributed by atoms with Gasteiger partial charge in [-0.2, -0.15) is 0 Å². The maximum atomic E-state index is 12.3. The molecule has 1 heterocycles. The van der Waals surface area contributed by atoms with Gasteiger partial charge in [0.2, 0.25) is 11.8 Å². The van der Waals surface area contributed by atoms with E-state index in [1.54, 1.807) is 24.3 Å². The second-order valence-electron chi connectivity index (χ2n) is 7.30. The number of fused-ring (bicyclic) bond motifs is 1. The summed E-state index contributed by atoms with van der Waals surface area (Å²) in [6.45, 7) is 1.35. The maximum absolute atomic E-state index is 12.3. The van der Waals surface area contributed by atoms with E-state index in [4.69, 9.17) is 11.6 Å². The molecular weight excluding hydrogens is 422 g/mol. The third-order valence-corrected chi connectivity index (χ3v) is 4.88. The minimum absolute atomic E-state index is 0.109. The summed E-state index contributed by atoms with van der Waals surface area (Å²) in [6, 6.07) is 3.70. The first-order valence-electron chi connectivity index (χ1n) is 10.5. The van der Waals surface area contributed by atoms with Crippen LogP contribution in [0.5, 0.6) is 0 Å². The van der Waals surface area contributed by atoms with Gasteiger partial charge < -0.3 is 20.8 Å². The van der Waals surface area contributed by atoms with Crippen molar-refractivity contribution in [3.05, 3.63) is 35.4 Å². The number of carbonyl (C=O) groups is 6. The van der Waals surface area contributed by atoms with Crippen molar-refractivity contribution < 1.29 is 40.4 Å². The normalized spacial score (nSPS) is 14.9. The number of unbranched alkanes of at least 4 members (excludes halogenated alkanes) is 1. The predicted octanol–water partition coefficient (Wildman–Crippen LogP) is 0.392. The number of aliphatic carboxylic acids is 2. The molecule has 0 bridgehead atoms. The average molecular weight is 448 g/mol. The van der Waals surface area contributed by atoms with Gasteiger partial charge in [0.05, 0.1) is 11.1 Å². The Morgan fingerprint density at radius 1 is 1.03 bits per heavy atom. The fraction of sp³-hybridized carbons (Fsp3) is 0.429. The third-order valence-electron chi connectivity index (χ3n) is 4.88. The molecule has 1 aliphatic heterocycles. The van der Waals surface area contributed by atoms with Crippen LogP contribution in [0, 0.1) is 0 Å². The zero-order valence-electron chi connectivity index (χ0n) is 18.4. The van der Waals surface area contributed by atoms with Gasteiger partial charge in [-0.3, -0.25) is 28.9 Å². The zero-order chi connectivity index (χ0) is 24.7. The van der Waals surface area contributed by atoms with Crippen LogP contribution in [0.25, 0.3) is 0 Å². The number of rotatable bonds is 12. The number of amides is 4. The molecular formula is C21H25N3O8. The molecule has 0 radical (unpaired) electrons. The van der Waals surface area contributed by atoms with Crippen LogP contribution >= 0.6 is 0 Å². The number of nitrogens with one attached hydrogen (secondary N) is 2. The van der Waals surface area contributed by atoms with E-state index in [1.807, 2.05) is 0 Å². The molecule has 11 nitrogen and oxygen atoms in total. The molecule has 11 heteroatoms. The van der Waals surface area contributed by atoms with Crippen LogP contribution in [0.2, 0.25) is 1.41 Å². The van der Waals surface area contributed by atoms with E-state index in [0.717, 1.165) is 4.90 Å². The van der Waals surface area contributed by atoms with Crippen molar-refractivity contribution in [3.63, 3.8) is 0 Å². The van der Waals surface area contributed by atoms with E-state index in [2.05, 4.69) is 5.32 Å². The molecule has 0 saturated heterocycles. The molecule has 1 aromatic carbocycles. The summed E-state index contributed by atoms with van der Waals surface area (Å²) in [6.07, 6.45) is -0.352. The molecule has 2 rings (SSSR count). The Bertz CT molecular complexity index is 932. The fourth-order valence-corrected chi connectivity index (χ4v) is 3.15. The molecule has 0 spiro atoms. The van der Waals surface area contributed by atoms with Gasteiger partial charge in [0.25, 0.3) is 11.8 Å². The second-order valence-corrected chi connectivity index (χ2v) is 7.30.